The van der Waals surface area contributed by atoms with Gasteiger partial charge in [0.25, 0.3) is 0 Å². The molecule has 0 bridgehead atoms. The molecule has 0 N–H and O–H groups in total. The molecule has 0 aliphatic heterocycles. The molecule has 7 rings (SSSR count). The van der Waals surface area contributed by atoms with Gasteiger partial charge in [-0.3, -0.25) is 0 Å². The van der Waals surface area contributed by atoms with E-state index in [0.717, 1.165) is 6.42 Å². The number of hydrogen-bond donors (Lipinski definition) is 0. The normalized spacial score (nSPS) is 18.3. The first-order chi connectivity index (χ1) is 16.7. The van der Waals surface area contributed by atoms with Crippen LogP contribution in [0.15, 0.2) is 127 Å². The molecule has 162 valence electrons. The van der Waals surface area contributed by atoms with Gasteiger partial charge in [-0.1, -0.05) is 116 Å². The fourth-order valence-corrected chi connectivity index (χ4v) is 6.32. The molecular weight excluding hydrogens is 408 g/mol. The van der Waals surface area contributed by atoms with Crippen molar-refractivity contribution in [3.05, 3.63) is 149 Å². The summed E-state index contributed by atoms with van der Waals surface area (Å²) in [6.45, 7) is 2.33. The van der Waals surface area contributed by atoms with E-state index in [0.29, 0.717) is 5.92 Å². The lowest BCUT2D eigenvalue weighted by atomic mass is 9.65. The van der Waals surface area contributed by atoms with Gasteiger partial charge < -0.3 is 0 Å². The van der Waals surface area contributed by atoms with Crippen LogP contribution in [0.3, 0.4) is 0 Å². The molecule has 0 nitrogen and oxygen atoms in total. The Morgan fingerprint density at radius 1 is 0.618 bits per heavy atom. The van der Waals surface area contributed by atoms with E-state index >= 15 is 0 Å². The Morgan fingerprint density at radius 3 is 1.82 bits per heavy atom. The van der Waals surface area contributed by atoms with Crippen LogP contribution in [0.1, 0.15) is 35.6 Å². The second-order valence-electron chi connectivity index (χ2n) is 9.85. The molecule has 0 heteroatoms. The average Bonchev–Trinajstić information content (AvgIpc) is 3.18. The molecule has 5 aromatic rings. The van der Waals surface area contributed by atoms with Crippen LogP contribution in [0.4, 0.5) is 0 Å². The maximum absolute atomic E-state index is 2.42. The second kappa shape index (κ2) is 7.30. The first kappa shape index (κ1) is 19.6. The Balaban J connectivity index is 1.62. The Kier molecular flexibility index (Phi) is 4.20. The van der Waals surface area contributed by atoms with Crippen molar-refractivity contribution < 1.29 is 0 Å². The molecule has 2 aliphatic carbocycles. The van der Waals surface area contributed by atoms with Gasteiger partial charge in [0, 0.05) is 0 Å². The Labute approximate surface area is 200 Å². The van der Waals surface area contributed by atoms with Crippen LogP contribution in [-0.4, -0.2) is 0 Å². The van der Waals surface area contributed by atoms with Gasteiger partial charge in [-0.15, -0.1) is 0 Å². The first-order valence-electron chi connectivity index (χ1n) is 12.3. The minimum Gasteiger partial charge on any atom is -0.0810 e. The maximum atomic E-state index is 2.42. The largest absolute Gasteiger partial charge is 0.0810 e. The molecule has 0 fully saturated rings. The minimum atomic E-state index is -0.323. The zero-order valence-electron chi connectivity index (χ0n) is 19.3. The molecule has 0 heterocycles. The molecule has 0 amide bonds. The van der Waals surface area contributed by atoms with E-state index in [-0.39, 0.29) is 5.41 Å². The molecule has 0 aromatic heterocycles. The summed E-state index contributed by atoms with van der Waals surface area (Å²) >= 11 is 0. The smallest absolute Gasteiger partial charge is 0.0710 e. The standard InChI is InChI=1S/C34H26/c1-23-14-19-33-31(20-23)30-12-6-7-13-32(30)34(33,28-17-15-24-8-2-4-10-26(24)21-28)29-18-16-25-9-3-5-11-27(25)22-29/h2-19,21-23H,20H2,1H3. The molecule has 0 saturated heterocycles. The summed E-state index contributed by atoms with van der Waals surface area (Å²) in [7, 11) is 0. The third kappa shape index (κ3) is 2.66. The van der Waals surface area contributed by atoms with Crippen LogP contribution in [0.25, 0.3) is 27.1 Å². The van der Waals surface area contributed by atoms with Crippen LogP contribution in [0.5, 0.6) is 0 Å². The highest BCUT2D eigenvalue weighted by molar-refractivity contribution is 5.92. The summed E-state index contributed by atoms with van der Waals surface area (Å²) in [6.07, 6.45) is 5.92. The predicted molar refractivity (Wildman–Crippen MR) is 144 cm³/mol. The fraction of sp³-hybridized carbons (Fsp3) is 0.118. The van der Waals surface area contributed by atoms with Crippen LogP contribution in [0.2, 0.25) is 0 Å². The summed E-state index contributed by atoms with van der Waals surface area (Å²) in [5.41, 5.74) is 8.14. The lowest BCUT2D eigenvalue weighted by molar-refractivity contribution is 0.719. The van der Waals surface area contributed by atoms with Crippen LogP contribution >= 0.6 is 0 Å². The number of rotatable bonds is 2. The van der Waals surface area contributed by atoms with E-state index < -0.39 is 0 Å². The van der Waals surface area contributed by atoms with E-state index in [4.69, 9.17) is 0 Å². The Morgan fingerprint density at radius 2 is 1.18 bits per heavy atom. The zero-order chi connectivity index (χ0) is 22.7. The highest BCUT2D eigenvalue weighted by Gasteiger charge is 2.47. The number of benzene rings is 5. The lowest BCUT2D eigenvalue weighted by Crippen LogP contribution is -2.29. The van der Waals surface area contributed by atoms with Crippen molar-refractivity contribution >= 4 is 27.1 Å². The summed E-state index contributed by atoms with van der Waals surface area (Å²) in [5.74, 6) is 0.552. The summed E-state index contributed by atoms with van der Waals surface area (Å²) < 4.78 is 0. The van der Waals surface area contributed by atoms with Gasteiger partial charge in [0.2, 0.25) is 0 Å². The van der Waals surface area contributed by atoms with E-state index in [2.05, 4.69) is 128 Å². The summed E-state index contributed by atoms with van der Waals surface area (Å²) in [5, 5.41) is 5.15. The minimum absolute atomic E-state index is 0.323. The van der Waals surface area contributed by atoms with E-state index in [1.807, 2.05) is 0 Å². The van der Waals surface area contributed by atoms with Crippen molar-refractivity contribution in [1.82, 2.24) is 0 Å². The third-order valence-corrected chi connectivity index (χ3v) is 7.87. The molecule has 0 radical (unpaired) electrons. The fourth-order valence-electron chi connectivity index (χ4n) is 6.32. The second-order valence-corrected chi connectivity index (χ2v) is 9.85. The van der Waals surface area contributed by atoms with Crippen molar-refractivity contribution in [2.75, 3.05) is 0 Å². The van der Waals surface area contributed by atoms with E-state index in [1.165, 1.54) is 54.9 Å². The Hall–Kier alpha value is -3.90. The van der Waals surface area contributed by atoms with Gasteiger partial charge in [-0.25, -0.2) is 0 Å². The lowest BCUT2D eigenvalue weighted by Gasteiger charge is -2.36. The molecular formula is C34H26. The van der Waals surface area contributed by atoms with Crippen molar-refractivity contribution in [2.24, 2.45) is 5.92 Å². The number of fused-ring (bicyclic) bond motifs is 4. The van der Waals surface area contributed by atoms with Crippen molar-refractivity contribution in [2.45, 2.75) is 18.8 Å². The molecule has 34 heavy (non-hydrogen) atoms. The quantitative estimate of drug-likeness (QED) is 0.261. The monoisotopic (exact) mass is 434 g/mol. The third-order valence-electron chi connectivity index (χ3n) is 7.87. The zero-order valence-corrected chi connectivity index (χ0v) is 19.3. The summed E-state index contributed by atoms with van der Waals surface area (Å²) in [4.78, 5) is 0. The number of hydrogen-bond acceptors (Lipinski definition) is 0. The average molecular weight is 435 g/mol. The van der Waals surface area contributed by atoms with Gasteiger partial charge in [0.15, 0.2) is 0 Å². The molecule has 5 aromatic carbocycles. The molecule has 0 spiro atoms. The molecule has 2 aliphatic rings. The van der Waals surface area contributed by atoms with Gasteiger partial charge >= 0.3 is 0 Å². The maximum Gasteiger partial charge on any atom is 0.0710 e. The van der Waals surface area contributed by atoms with Crippen molar-refractivity contribution in [3.63, 3.8) is 0 Å². The predicted octanol–water partition coefficient (Wildman–Crippen LogP) is 8.69. The van der Waals surface area contributed by atoms with Gasteiger partial charge in [-0.2, -0.15) is 0 Å². The SMILES string of the molecule is CC1C=CC2=C(C1)c1ccccc1C2(c1ccc2ccccc2c1)c1ccc2ccccc2c1. The number of allylic oxidation sites excluding steroid dienone is 4. The highest BCUT2D eigenvalue weighted by atomic mass is 14.5. The van der Waals surface area contributed by atoms with E-state index in [9.17, 15) is 0 Å². The molecule has 0 saturated carbocycles. The van der Waals surface area contributed by atoms with Crippen molar-refractivity contribution in [1.29, 1.82) is 0 Å². The molecule has 1 unspecified atom stereocenters. The summed E-state index contributed by atoms with van der Waals surface area (Å²) in [6, 6.07) is 40.7. The van der Waals surface area contributed by atoms with Gasteiger partial charge in [0.1, 0.15) is 0 Å². The highest BCUT2D eigenvalue weighted by Crippen LogP contribution is 2.57. The topological polar surface area (TPSA) is 0 Å². The van der Waals surface area contributed by atoms with E-state index in [1.54, 1.807) is 0 Å². The van der Waals surface area contributed by atoms with Gasteiger partial charge in [-0.05, 0) is 79.4 Å². The van der Waals surface area contributed by atoms with Crippen LogP contribution in [0, 0.1) is 5.92 Å². The first-order valence-corrected chi connectivity index (χ1v) is 12.3. The van der Waals surface area contributed by atoms with Gasteiger partial charge in [0.05, 0.1) is 5.41 Å². The molecule has 1 atom stereocenters. The van der Waals surface area contributed by atoms with Crippen molar-refractivity contribution in [3.8, 4) is 0 Å². The van der Waals surface area contributed by atoms with Crippen LogP contribution in [-0.2, 0) is 5.41 Å². The Bertz CT molecular complexity index is 1570. The van der Waals surface area contributed by atoms with Crippen LogP contribution < -0.4 is 0 Å².